The Bertz CT molecular complexity index is 1020. The molecule has 0 bridgehead atoms. The number of amidine groups is 1. The monoisotopic (exact) mass is 471 g/mol. The molecule has 3 heterocycles. The molecule has 0 aromatic carbocycles. The van der Waals surface area contributed by atoms with Gasteiger partial charge in [0.1, 0.15) is 5.84 Å². The molecule has 0 fully saturated rings. The normalized spacial score (nSPS) is 9.22. The minimum Gasteiger partial charge on any atom is -0.478 e. The van der Waals surface area contributed by atoms with Crippen LogP contribution < -0.4 is 17.2 Å². The summed E-state index contributed by atoms with van der Waals surface area (Å²) in [6, 6.07) is 6.79. The third-order valence-electron chi connectivity index (χ3n) is 2.57. The van der Waals surface area contributed by atoms with E-state index < -0.39 is 16.4 Å². The number of pyridine rings is 2. The minimum absolute atomic E-state index is 0. The fraction of sp³-hybridized carbons (Fsp3) is 0.125. The summed E-state index contributed by atoms with van der Waals surface area (Å²) >= 11 is 0. The van der Waals surface area contributed by atoms with E-state index in [1.54, 1.807) is 18.5 Å². The van der Waals surface area contributed by atoms with Gasteiger partial charge in [-0.15, -0.1) is 5.10 Å². The Hall–Kier alpha value is -3.99. The Balaban J connectivity index is 0. The van der Waals surface area contributed by atoms with Gasteiger partial charge in [-0.2, -0.15) is 13.4 Å². The van der Waals surface area contributed by atoms with Crippen LogP contribution in [0.5, 0.6) is 0 Å². The maximum absolute atomic E-state index is 10.2. The quantitative estimate of drug-likeness (QED) is 0.143. The molecule has 0 spiro atoms. The summed E-state index contributed by atoms with van der Waals surface area (Å²) in [6.07, 6.45) is 6.23. The Morgan fingerprint density at radius 2 is 1.62 bits per heavy atom. The number of nitrogens with one attached hydrogen (secondary N) is 2. The summed E-state index contributed by atoms with van der Waals surface area (Å²) < 4.78 is 31.6. The average Bonchev–Trinajstić information content (AvgIpc) is 3.15. The molecule has 0 unspecified atom stereocenters. The Labute approximate surface area is 183 Å². The van der Waals surface area contributed by atoms with Crippen LogP contribution in [0.15, 0.2) is 49.1 Å². The van der Waals surface area contributed by atoms with Crippen molar-refractivity contribution in [2.24, 2.45) is 11.5 Å². The number of nitrogen functional groups attached to an aromatic ring is 1. The number of carboxylic acid groups (broad SMARTS) is 1. The van der Waals surface area contributed by atoms with Crippen LogP contribution in [0.1, 0.15) is 17.8 Å². The molecule has 0 aliphatic rings. The number of nitrogens with zero attached hydrogens (tertiary/aromatic N) is 4. The number of aromatic carboxylic acids is 1. The number of aromatic nitrogens is 5. The van der Waals surface area contributed by atoms with Crippen LogP contribution in [-0.2, 0) is 10.4 Å². The van der Waals surface area contributed by atoms with Crippen molar-refractivity contribution in [1.82, 2.24) is 25.1 Å². The first kappa shape index (κ1) is 30.2. The number of carbonyl (C=O) groups is 1. The molecule has 0 aliphatic heterocycles. The fourth-order valence-electron chi connectivity index (χ4n) is 1.40. The molecule has 0 atom stereocenters. The van der Waals surface area contributed by atoms with E-state index >= 15 is 0 Å². The molecule has 0 saturated heterocycles. The predicted octanol–water partition coefficient (Wildman–Crippen LogP) is 0.0931. The molecule has 3 rings (SSSR count). The molecule has 32 heavy (non-hydrogen) atoms. The van der Waals surface area contributed by atoms with Crippen molar-refractivity contribution in [2.75, 3.05) is 12.3 Å². The molecule has 0 saturated carbocycles. The van der Waals surface area contributed by atoms with E-state index in [0.717, 1.165) is 5.56 Å². The summed E-state index contributed by atoms with van der Waals surface area (Å²) in [4.78, 5) is 21.7. The molecule has 16 heteroatoms. The zero-order chi connectivity index (χ0) is 23.9. The molecular formula is C16H25N9O6S. The van der Waals surface area contributed by atoms with E-state index in [9.17, 15) is 4.79 Å². The molecular weight excluding hydrogens is 446 g/mol. The van der Waals surface area contributed by atoms with Gasteiger partial charge in [-0.25, -0.2) is 4.79 Å². The Morgan fingerprint density at radius 3 is 1.91 bits per heavy atom. The first-order valence-corrected chi connectivity index (χ1v) is 9.28. The summed E-state index contributed by atoms with van der Waals surface area (Å²) in [7, 11) is -4.67. The minimum atomic E-state index is -4.67. The van der Waals surface area contributed by atoms with Crippen LogP contribution in [0.2, 0.25) is 0 Å². The first-order valence-electron chi connectivity index (χ1n) is 7.88. The topological polar surface area (TPSA) is 281 Å². The third kappa shape index (κ3) is 16.9. The summed E-state index contributed by atoms with van der Waals surface area (Å²) in [5.41, 5.74) is 16.0. The van der Waals surface area contributed by atoms with Gasteiger partial charge in [0.25, 0.3) is 0 Å². The maximum atomic E-state index is 10.2. The highest BCUT2D eigenvalue weighted by atomic mass is 32.3. The largest absolute Gasteiger partial charge is 0.478 e. The number of rotatable bonds is 3. The lowest BCUT2D eigenvalue weighted by atomic mass is 10.3. The van der Waals surface area contributed by atoms with Crippen molar-refractivity contribution in [3.8, 4) is 11.4 Å². The van der Waals surface area contributed by atoms with Crippen molar-refractivity contribution in [3.05, 3.63) is 54.6 Å². The Kier molecular flexibility index (Phi) is 14.9. The van der Waals surface area contributed by atoms with Crippen molar-refractivity contribution >= 4 is 28.2 Å². The highest BCUT2D eigenvalue weighted by Crippen LogP contribution is 2.11. The highest BCUT2D eigenvalue weighted by Gasteiger charge is 2.01. The molecule has 3 aromatic heterocycles. The number of H-pyrrole nitrogens is 1. The third-order valence-corrected chi connectivity index (χ3v) is 2.57. The zero-order valence-electron chi connectivity index (χ0n) is 15.8. The van der Waals surface area contributed by atoms with Gasteiger partial charge in [-0.3, -0.25) is 29.6 Å². The van der Waals surface area contributed by atoms with Crippen LogP contribution >= 0.6 is 0 Å². The SMILES string of the molecule is C.N=C(N)CN.Nc1n[nH]c(-c2cccnc2)n1.O=C(O)c1cccnc1.O=S(=O)(O)O. The van der Waals surface area contributed by atoms with Crippen molar-refractivity contribution < 1.29 is 27.4 Å². The van der Waals surface area contributed by atoms with Crippen molar-refractivity contribution in [2.45, 2.75) is 7.43 Å². The van der Waals surface area contributed by atoms with Gasteiger partial charge in [0.05, 0.1) is 12.1 Å². The first-order chi connectivity index (χ1) is 14.4. The number of hydrogen-bond acceptors (Lipinski definition) is 10. The number of carboxylic acids is 1. The summed E-state index contributed by atoms with van der Waals surface area (Å²) in [5.74, 6) is -0.0254. The van der Waals surface area contributed by atoms with Gasteiger partial charge in [0.15, 0.2) is 5.82 Å². The average molecular weight is 472 g/mol. The molecule has 0 aliphatic carbocycles. The molecule has 0 amide bonds. The number of nitrogens with two attached hydrogens (primary N) is 3. The zero-order valence-corrected chi connectivity index (χ0v) is 16.6. The van der Waals surface area contributed by atoms with Crippen molar-refractivity contribution in [3.63, 3.8) is 0 Å². The lowest BCUT2D eigenvalue weighted by molar-refractivity contribution is 0.0696. The van der Waals surface area contributed by atoms with E-state index in [2.05, 4.69) is 25.1 Å². The molecule has 3 aromatic rings. The lowest BCUT2D eigenvalue weighted by Gasteiger charge is -1.91. The number of hydrogen-bond donors (Lipinski definition) is 8. The van der Waals surface area contributed by atoms with E-state index in [1.165, 1.54) is 18.5 Å². The van der Waals surface area contributed by atoms with Gasteiger partial charge in [-0.1, -0.05) is 7.43 Å². The van der Waals surface area contributed by atoms with E-state index in [0.29, 0.717) is 5.82 Å². The standard InChI is InChI=1S/C7H7N5.C6H5NO2.C2H7N3.CH4.H2O4S/c8-7-10-6(11-12-7)5-2-1-3-9-4-5;8-6(9)5-2-1-3-7-4-5;3-1-2(4)5;;1-5(2,3)4/h1-4H,(H3,8,10,11,12);1-4H,(H,8,9);1,3H2,(H3,4,5);1H4;(H2,1,2,3,4). The summed E-state index contributed by atoms with van der Waals surface area (Å²) in [5, 5.41) is 21.1. The van der Waals surface area contributed by atoms with Gasteiger partial charge in [0.2, 0.25) is 5.95 Å². The van der Waals surface area contributed by atoms with Crippen molar-refractivity contribution in [1.29, 1.82) is 5.41 Å². The molecule has 176 valence electrons. The van der Waals surface area contributed by atoms with Gasteiger partial charge >= 0.3 is 16.4 Å². The van der Waals surface area contributed by atoms with Crippen LogP contribution in [0.3, 0.4) is 0 Å². The lowest BCUT2D eigenvalue weighted by Crippen LogP contribution is -2.20. The molecule has 11 N–H and O–H groups in total. The fourth-order valence-corrected chi connectivity index (χ4v) is 1.40. The second-order valence-electron chi connectivity index (χ2n) is 5.01. The van der Waals surface area contributed by atoms with Crippen LogP contribution in [0, 0.1) is 5.41 Å². The molecule has 0 radical (unpaired) electrons. The second kappa shape index (κ2) is 15.8. The van der Waals surface area contributed by atoms with Gasteiger partial charge in [-0.05, 0) is 24.3 Å². The van der Waals surface area contributed by atoms with E-state index in [4.69, 9.17) is 45.2 Å². The van der Waals surface area contributed by atoms with Crippen LogP contribution in [0.4, 0.5) is 5.95 Å². The summed E-state index contributed by atoms with van der Waals surface area (Å²) in [6.45, 7) is 0.167. The maximum Gasteiger partial charge on any atom is 0.394 e. The predicted molar refractivity (Wildman–Crippen MR) is 117 cm³/mol. The number of aromatic amines is 1. The van der Waals surface area contributed by atoms with Crippen LogP contribution in [-0.4, -0.2) is 66.1 Å². The highest BCUT2D eigenvalue weighted by molar-refractivity contribution is 7.79. The molecule has 15 nitrogen and oxygen atoms in total. The second-order valence-corrected chi connectivity index (χ2v) is 5.90. The number of anilines is 1. The van der Waals surface area contributed by atoms with E-state index in [-0.39, 0.29) is 31.3 Å². The van der Waals surface area contributed by atoms with Crippen LogP contribution in [0.25, 0.3) is 11.4 Å². The smallest absolute Gasteiger partial charge is 0.394 e. The van der Waals surface area contributed by atoms with E-state index in [1.807, 2.05) is 12.1 Å². The van der Waals surface area contributed by atoms with Gasteiger partial charge in [0, 0.05) is 30.4 Å². The van der Waals surface area contributed by atoms with Gasteiger partial charge < -0.3 is 22.3 Å². The Morgan fingerprint density at radius 1 is 1.12 bits per heavy atom.